The van der Waals surface area contributed by atoms with Crippen LogP contribution in [0.2, 0.25) is 0 Å². The van der Waals surface area contributed by atoms with Crippen molar-refractivity contribution < 1.29 is 4.79 Å². The summed E-state index contributed by atoms with van der Waals surface area (Å²) in [6.07, 6.45) is 6.17. The Morgan fingerprint density at radius 2 is 2.12 bits per heavy atom. The van der Waals surface area contributed by atoms with Crippen LogP contribution in [-0.4, -0.2) is 26.0 Å². The fraction of sp³-hybridized carbons (Fsp3) is 0.615. The first kappa shape index (κ1) is 12.6. The molecule has 0 bridgehead atoms. The van der Waals surface area contributed by atoms with Gasteiger partial charge in [0.25, 0.3) is 5.91 Å². The van der Waals surface area contributed by atoms with Gasteiger partial charge in [0.1, 0.15) is 0 Å². The van der Waals surface area contributed by atoms with Crippen molar-refractivity contribution in [1.29, 1.82) is 0 Å². The molecule has 0 atom stereocenters. The second-order valence-electron chi connectivity index (χ2n) is 4.48. The van der Waals surface area contributed by atoms with Gasteiger partial charge < -0.3 is 10.6 Å². The van der Waals surface area contributed by atoms with E-state index in [9.17, 15) is 4.79 Å². The number of hydrogen-bond donors (Lipinski definition) is 2. The number of carbonyl (C=O) groups excluding carboxylic acids is 1. The standard InChI is InChI=1S/C13H20N2OS/c1-14-7-8-15-13(16)12-9-10-5-3-2-4-6-11(10)17-12/h9,14H,2-8H2,1H3,(H,15,16). The number of hydrogen-bond acceptors (Lipinski definition) is 3. The van der Waals surface area contributed by atoms with Gasteiger partial charge in [-0.2, -0.15) is 0 Å². The molecule has 0 saturated heterocycles. The molecule has 1 aliphatic rings. The highest BCUT2D eigenvalue weighted by Crippen LogP contribution is 2.28. The van der Waals surface area contributed by atoms with Crippen molar-refractivity contribution >= 4 is 17.2 Å². The monoisotopic (exact) mass is 252 g/mol. The van der Waals surface area contributed by atoms with Gasteiger partial charge in [-0.05, 0) is 44.4 Å². The molecule has 1 aliphatic carbocycles. The van der Waals surface area contributed by atoms with E-state index in [1.54, 1.807) is 11.3 Å². The van der Waals surface area contributed by atoms with E-state index in [0.29, 0.717) is 6.54 Å². The molecule has 1 amide bonds. The Kier molecular flexibility index (Phi) is 4.57. The SMILES string of the molecule is CNCCNC(=O)c1cc2c(s1)CCCCC2. The van der Waals surface area contributed by atoms with Crippen molar-refractivity contribution in [2.24, 2.45) is 0 Å². The van der Waals surface area contributed by atoms with Crippen LogP contribution in [0.15, 0.2) is 6.07 Å². The highest BCUT2D eigenvalue weighted by Gasteiger charge is 2.15. The summed E-state index contributed by atoms with van der Waals surface area (Å²) >= 11 is 1.68. The smallest absolute Gasteiger partial charge is 0.261 e. The summed E-state index contributed by atoms with van der Waals surface area (Å²) in [6, 6.07) is 2.10. The van der Waals surface area contributed by atoms with Crippen molar-refractivity contribution in [2.75, 3.05) is 20.1 Å². The van der Waals surface area contributed by atoms with Crippen molar-refractivity contribution in [3.8, 4) is 0 Å². The zero-order valence-corrected chi connectivity index (χ0v) is 11.2. The fourth-order valence-corrected chi connectivity index (χ4v) is 3.34. The van der Waals surface area contributed by atoms with Gasteiger partial charge in [0.2, 0.25) is 0 Å². The molecule has 0 unspecified atom stereocenters. The van der Waals surface area contributed by atoms with Crippen LogP contribution in [0.4, 0.5) is 0 Å². The van der Waals surface area contributed by atoms with Crippen LogP contribution in [-0.2, 0) is 12.8 Å². The highest BCUT2D eigenvalue weighted by atomic mass is 32.1. The minimum absolute atomic E-state index is 0.0818. The maximum Gasteiger partial charge on any atom is 0.261 e. The van der Waals surface area contributed by atoms with Crippen LogP contribution >= 0.6 is 11.3 Å². The third-order valence-corrected chi connectivity index (χ3v) is 4.37. The molecule has 0 radical (unpaired) electrons. The summed E-state index contributed by atoms with van der Waals surface area (Å²) < 4.78 is 0. The molecule has 0 fully saturated rings. The highest BCUT2D eigenvalue weighted by molar-refractivity contribution is 7.14. The first-order valence-electron chi connectivity index (χ1n) is 6.35. The van der Waals surface area contributed by atoms with Gasteiger partial charge in [0.05, 0.1) is 4.88 Å². The van der Waals surface area contributed by atoms with Crippen molar-refractivity contribution in [3.05, 3.63) is 21.4 Å². The lowest BCUT2D eigenvalue weighted by molar-refractivity contribution is 0.0958. The number of carbonyl (C=O) groups is 1. The van der Waals surface area contributed by atoms with Crippen LogP contribution < -0.4 is 10.6 Å². The Hall–Kier alpha value is -0.870. The molecule has 0 saturated carbocycles. The molecule has 0 spiro atoms. The van der Waals surface area contributed by atoms with Crippen LogP contribution in [0.3, 0.4) is 0 Å². The minimum atomic E-state index is 0.0818. The second-order valence-corrected chi connectivity index (χ2v) is 5.62. The molecule has 1 aromatic rings. The average Bonchev–Trinajstić information content (AvgIpc) is 2.61. The number of thiophene rings is 1. The lowest BCUT2D eigenvalue weighted by Crippen LogP contribution is -2.29. The topological polar surface area (TPSA) is 41.1 Å². The zero-order valence-electron chi connectivity index (χ0n) is 10.3. The van der Waals surface area contributed by atoms with E-state index in [2.05, 4.69) is 16.7 Å². The summed E-state index contributed by atoms with van der Waals surface area (Å²) in [5.41, 5.74) is 1.41. The van der Waals surface area contributed by atoms with Crippen LogP contribution in [0, 0.1) is 0 Å². The molecule has 2 rings (SSSR count). The van der Waals surface area contributed by atoms with Gasteiger partial charge in [0.15, 0.2) is 0 Å². The third-order valence-electron chi connectivity index (χ3n) is 3.13. The lowest BCUT2D eigenvalue weighted by atomic mass is 10.1. The summed E-state index contributed by atoms with van der Waals surface area (Å²) in [7, 11) is 1.89. The van der Waals surface area contributed by atoms with Gasteiger partial charge in [-0.3, -0.25) is 4.79 Å². The average molecular weight is 252 g/mol. The zero-order chi connectivity index (χ0) is 12.1. The summed E-state index contributed by atoms with van der Waals surface area (Å²) in [5.74, 6) is 0.0818. The number of aryl methyl sites for hydroxylation is 2. The van der Waals surface area contributed by atoms with E-state index in [1.807, 2.05) is 7.05 Å². The second kappa shape index (κ2) is 6.17. The minimum Gasteiger partial charge on any atom is -0.350 e. The molecule has 4 heteroatoms. The van der Waals surface area contributed by atoms with Gasteiger partial charge >= 0.3 is 0 Å². The summed E-state index contributed by atoms with van der Waals surface area (Å²) in [6.45, 7) is 1.51. The molecule has 1 heterocycles. The van der Waals surface area contributed by atoms with Gasteiger partial charge in [-0.25, -0.2) is 0 Å². The maximum absolute atomic E-state index is 11.9. The molecule has 17 heavy (non-hydrogen) atoms. The predicted octanol–water partition coefficient (Wildman–Crippen LogP) is 1.97. The molecule has 0 aromatic carbocycles. The van der Waals surface area contributed by atoms with E-state index in [0.717, 1.165) is 24.3 Å². The van der Waals surface area contributed by atoms with E-state index in [1.165, 1.54) is 29.7 Å². The van der Waals surface area contributed by atoms with E-state index in [-0.39, 0.29) is 5.91 Å². The lowest BCUT2D eigenvalue weighted by Gasteiger charge is -2.02. The largest absolute Gasteiger partial charge is 0.350 e. The normalized spacial score (nSPS) is 15.1. The summed E-state index contributed by atoms with van der Waals surface area (Å²) in [4.78, 5) is 14.2. The molecule has 1 aromatic heterocycles. The number of likely N-dealkylation sites (N-methyl/N-ethyl adjacent to an activating group) is 1. The van der Waals surface area contributed by atoms with Crippen molar-refractivity contribution in [3.63, 3.8) is 0 Å². The van der Waals surface area contributed by atoms with Crippen LogP contribution in [0.1, 0.15) is 39.4 Å². The molecule has 0 aliphatic heterocycles. The van der Waals surface area contributed by atoms with Crippen LogP contribution in [0.25, 0.3) is 0 Å². The van der Waals surface area contributed by atoms with Crippen molar-refractivity contribution in [1.82, 2.24) is 10.6 Å². The molecular weight excluding hydrogens is 232 g/mol. The van der Waals surface area contributed by atoms with E-state index >= 15 is 0 Å². The third kappa shape index (κ3) is 3.30. The Morgan fingerprint density at radius 3 is 2.94 bits per heavy atom. The Labute approximate surface area is 107 Å². The molecular formula is C13H20N2OS. The summed E-state index contributed by atoms with van der Waals surface area (Å²) in [5, 5.41) is 5.95. The van der Waals surface area contributed by atoms with Gasteiger partial charge in [0, 0.05) is 18.0 Å². The Bertz CT molecular complexity index is 363. The Balaban J connectivity index is 1.99. The van der Waals surface area contributed by atoms with Gasteiger partial charge in [-0.1, -0.05) is 6.42 Å². The molecule has 2 N–H and O–H groups in total. The van der Waals surface area contributed by atoms with Crippen molar-refractivity contribution in [2.45, 2.75) is 32.1 Å². The maximum atomic E-state index is 11.9. The first-order valence-corrected chi connectivity index (χ1v) is 7.17. The Morgan fingerprint density at radius 1 is 1.29 bits per heavy atom. The molecule has 3 nitrogen and oxygen atoms in total. The number of rotatable bonds is 4. The fourth-order valence-electron chi connectivity index (χ4n) is 2.17. The van der Waals surface area contributed by atoms with E-state index < -0.39 is 0 Å². The number of fused-ring (bicyclic) bond motifs is 1. The predicted molar refractivity (Wildman–Crippen MR) is 71.8 cm³/mol. The quantitative estimate of drug-likeness (QED) is 0.635. The molecule has 94 valence electrons. The van der Waals surface area contributed by atoms with Crippen LogP contribution in [0.5, 0.6) is 0 Å². The van der Waals surface area contributed by atoms with Gasteiger partial charge in [-0.15, -0.1) is 11.3 Å². The number of nitrogens with one attached hydrogen (secondary N) is 2. The number of amides is 1. The first-order chi connectivity index (χ1) is 8.31. The van der Waals surface area contributed by atoms with E-state index in [4.69, 9.17) is 0 Å².